The van der Waals surface area contributed by atoms with Crippen LogP contribution in [0.4, 0.5) is 0 Å². The number of fused-ring (bicyclic) bond motifs is 1. The highest BCUT2D eigenvalue weighted by Gasteiger charge is 2.29. The third-order valence-electron chi connectivity index (χ3n) is 2.98. The molecule has 3 heteroatoms. The molecule has 0 saturated heterocycles. The van der Waals surface area contributed by atoms with E-state index in [1.165, 1.54) is 10.5 Å². The van der Waals surface area contributed by atoms with Gasteiger partial charge >= 0.3 is 0 Å². The molecule has 0 saturated carbocycles. The molecule has 2 atom stereocenters. The predicted octanol–water partition coefficient (Wildman–Crippen LogP) is 2.62. The van der Waals surface area contributed by atoms with Gasteiger partial charge in [0, 0.05) is 10.1 Å². The molecule has 82 valence electrons. The van der Waals surface area contributed by atoms with E-state index in [1.807, 2.05) is 17.8 Å². The molecule has 1 aromatic rings. The van der Waals surface area contributed by atoms with Crippen molar-refractivity contribution in [3.63, 3.8) is 0 Å². The van der Waals surface area contributed by atoms with Crippen LogP contribution in [0.15, 0.2) is 23.1 Å². The molecule has 2 N–H and O–H groups in total. The van der Waals surface area contributed by atoms with E-state index < -0.39 is 0 Å². The second kappa shape index (κ2) is 4.45. The first-order valence-corrected chi connectivity index (χ1v) is 6.19. The lowest BCUT2D eigenvalue weighted by molar-refractivity contribution is 0.413. The summed E-state index contributed by atoms with van der Waals surface area (Å²) in [4.78, 5) is 1.36. The van der Waals surface area contributed by atoms with Crippen LogP contribution < -0.4 is 10.5 Å². The molecular weight excluding hydrogens is 206 g/mol. The third-order valence-corrected chi connectivity index (χ3v) is 4.29. The molecule has 2 nitrogen and oxygen atoms in total. The zero-order valence-corrected chi connectivity index (χ0v) is 10.0. The summed E-state index contributed by atoms with van der Waals surface area (Å²) < 4.78 is 5.23. The van der Waals surface area contributed by atoms with Crippen molar-refractivity contribution in [2.75, 3.05) is 13.7 Å². The lowest BCUT2D eigenvalue weighted by atomic mass is 9.93. The van der Waals surface area contributed by atoms with Crippen molar-refractivity contribution < 1.29 is 4.74 Å². The van der Waals surface area contributed by atoms with Gasteiger partial charge in [-0.25, -0.2) is 0 Å². The van der Waals surface area contributed by atoms with Gasteiger partial charge in [-0.3, -0.25) is 0 Å². The summed E-state index contributed by atoms with van der Waals surface area (Å²) in [6, 6.07) is 6.36. The van der Waals surface area contributed by atoms with Crippen LogP contribution in [-0.2, 0) is 0 Å². The van der Waals surface area contributed by atoms with Crippen molar-refractivity contribution in [3.05, 3.63) is 23.8 Å². The topological polar surface area (TPSA) is 35.2 Å². The van der Waals surface area contributed by atoms with Crippen LogP contribution in [0.3, 0.4) is 0 Å². The van der Waals surface area contributed by atoms with Crippen LogP contribution in [-0.4, -0.2) is 18.9 Å². The summed E-state index contributed by atoms with van der Waals surface area (Å²) in [6.45, 7) is 3.04. The number of ether oxygens (including phenoxy) is 1. The Balaban J connectivity index is 2.30. The number of thioether (sulfide) groups is 1. The molecule has 0 radical (unpaired) electrons. The minimum atomic E-state index is 0.612. The number of hydrogen-bond donors (Lipinski definition) is 1. The van der Waals surface area contributed by atoms with Gasteiger partial charge in [0.05, 0.1) is 7.11 Å². The first kappa shape index (κ1) is 10.8. The van der Waals surface area contributed by atoms with E-state index in [4.69, 9.17) is 10.5 Å². The highest BCUT2D eigenvalue weighted by molar-refractivity contribution is 8.00. The minimum absolute atomic E-state index is 0.612. The Bertz CT molecular complexity index is 353. The van der Waals surface area contributed by atoms with E-state index in [9.17, 15) is 0 Å². The largest absolute Gasteiger partial charge is 0.497 e. The zero-order valence-electron chi connectivity index (χ0n) is 9.19. The van der Waals surface area contributed by atoms with Crippen LogP contribution in [0, 0.1) is 0 Å². The number of hydrogen-bond acceptors (Lipinski definition) is 3. The maximum absolute atomic E-state index is 5.65. The Kier molecular flexibility index (Phi) is 3.22. The van der Waals surface area contributed by atoms with Crippen molar-refractivity contribution in [2.45, 2.75) is 29.4 Å². The smallest absolute Gasteiger partial charge is 0.119 e. The highest BCUT2D eigenvalue weighted by atomic mass is 32.2. The quantitative estimate of drug-likeness (QED) is 0.855. The molecule has 2 rings (SSSR count). The van der Waals surface area contributed by atoms with Crippen molar-refractivity contribution >= 4 is 11.8 Å². The van der Waals surface area contributed by atoms with E-state index in [0.717, 1.165) is 18.7 Å². The monoisotopic (exact) mass is 223 g/mol. The first-order chi connectivity index (χ1) is 7.26. The fraction of sp³-hybridized carbons (Fsp3) is 0.500. The van der Waals surface area contributed by atoms with Gasteiger partial charge in [0.1, 0.15) is 5.75 Å². The SMILES string of the molecule is COc1ccc2c(c1)SC(C)C2CCN. The second-order valence-electron chi connectivity index (χ2n) is 3.91. The van der Waals surface area contributed by atoms with E-state index in [2.05, 4.69) is 19.1 Å². The number of benzene rings is 1. The third kappa shape index (κ3) is 1.99. The van der Waals surface area contributed by atoms with Crippen LogP contribution in [0.1, 0.15) is 24.8 Å². The molecule has 1 aliphatic rings. The minimum Gasteiger partial charge on any atom is -0.497 e. The van der Waals surface area contributed by atoms with E-state index in [0.29, 0.717) is 11.2 Å². The predicted molar refractivity (Wildman–Crippen MR) is 64.7 cm³/mol. The molecule has 15 heavy (non-hydrogen) atoms. The molecule has 1 aliphatic heterocycles. The maximum atomic E-state index is 5.65. The summed E-state index contributed by atoms with van der Waals surface area (Å²) in [5, 5.41) is 0.635. The van der Waals surface area contributed by atoms with Crippen LogP contribution >= 0.6 is 11.8 Å². The van der Waals surface area contributed by atoms with Crippen molar-refractivity contribution in [2.24, 2.45) is 5.73 Å². The Labute approximate surface area is 95.2 Å². The first-order valence-electron chi connectivity index (χ1n) is 5.31. The Morgan fingerprint density at radius 1 is 1.47 bits per heavy atom. The van der Waals surface area contributed by atoms with Gasteiger partial charge in [0.2, 0.25) is 0 Å². The second-order valence-corrected chi connectivity index (χ2v) is 5.33. The number of rotatable bonds is 3. The van der Waals surface area contributed by atoms with E-state index >= 15 is 0 Å². The zero-order chi connectivity index (χ0) is 10.8. The summed E-state index contributed by atoms with van der Waals surface area (Å²) in [5.74, 6) is 1.56. The fourth-order valence-electron chi connectivity index (χ4n) is 2.16. The summed E-state index contributed by atoms with van der Waals surface area (Å²) in [5.41, 5.74) is 7.09. The molecule has 2 unspecified atom stereocenters. The molecule has 0 bridgehead atoms. The van der Waals surface area contributed by atoms with Gasteiger partial charge in [-0.2, -0.15) is 0 Å². The maximum Gasteiger partial charge on any atom is 0.119 e. The normalized spacial score (nSPS) is 23.9. The van der Waals surface area contributed by atoms with Crippen molar-refractivity contribution in [1.29, 1.82) is 0 Å². The molecule has 0 spiro atoms. The summed E-state index contributed by atoms with van der Waals surface area (Å²) >= 11 is 1.93. The van der Waals surface area contributed by atoms with Gasteiger partial charge in [-0.15, -0.1) is 11.8 Å². The Morgan fingerprint density at radius 3 is 2.93 bits per heavy atom. The van der Waals surface area contributed by atoms with Gasteiger partial charge in [-0.05, 0) is 36.6 Å². The van der Waals surface area contributed by atoms with Gasteiger partial charge in [0.15, 0.2) is 0 Å². The van der Waals surface area contributed by atoms with Crippen molar-refractivity contribution in [1.82, 2.24) is 0 Å². The molecular formula is C12H17NOS. The van der Waals surface area contributed by atoms with Gasteiger partial charge in [-0.1, -0.05) is 13.0 Å². The van der Waals surface area contributed by atoms with Gasteiger partial charge < -0.3 is 10.5 Å². The average Bonchev–Trinajstić information content (AvgIpc) is 2.55. The molecule has 0 aromatic heterocycles. The fourth-order valence-corrected chi connectivity index (χ4v) is 3.54. The molecule has 1 aromatic carbocycles. The highest BCUT2D eigenvalue weighted by Crippen LogP contribution is 2.47. The Morgan fingerprint density at radius 2 is 2.27 bits per heavy atom. The number of methoxy groups -OCH3 is 1. The standard InChI is InChI=1S/C12H17NOS/c1-8-10(5-6-13)11-4-3-9(14-2)7-12(11)15-8/h3-4,7-8,10H,5-6,13H2,1-2H3. The van der Waals surface area contributed by atoms with Crippen LogP contribution in [0.5, 0.6) is 5.75 Å². The Hall–Kier alpha value is -0.670. The molecule has 0 amide bonds. The summed E-state index contributed by atoms with van der Waals surface area (Å²) in [6.07, 6.45) is 1.08. The molecule has 0 aliphatic carbocycles. The van der Waals surface area contributed by atoms with E-state index in [-0.39, 0.29) is 0 Å². The average molecular weight is 223 g/mol. The lowest BCUT2D eigenvalue weighted by Crippen LogP contribution is -2.11. The summed E-state index contributed by atoms with van der Waals surface area (Å²) in [7, 11) is 1.71. The number of nitrogens with two attached hydrogens (primary N) is 1. The molecule has 1 heterocycles. The van der Waals surface area contributed by atoms with Crippen LogP contribution in [0.25, 0.3) is 0 Å². The van der Waals surface area contributed by atoms with E-state index in [1.54, 1.807) is 7.11 Å². The van der Waals surface area contributed by atoms with Crippen molar-refractivity contribution in [3.8, 4) is 5.75 Å². The van der Waals surface area contributed by atoms with Gasteiger partial charge in [0.25, 0.3) is 0 Å². The molecule has 0 fully saturated rings. The van der Waals surface area contributed by atoms with Crippen LogP contribution in [0.2, 0.25) is 0 Å². The lowest BCUT2D eigenvalue weighted by Gasteiger charge is -2.14.